The maximum absolute atomic E-state index is 15.3. The highest BCUT2D eigenvalue weighted by Crippen LogP contribution is 2.38. The SMILES string of the molecule is [N-]=[N+]=NCC1CN(c2ccc(N3CCN(c4cc5c(cc4F)c(=O)c(C(=O)O)cn5C4CC4)CC3)c(F)c2)C(=O)O1. The molecule has 1 atom stereocenters. The third-order valence-electron chi connectivity index (χ3n) is 7.70. The number of carboxylic acid groups (broad SMARTS) is 1. The van der Waals surface area contributed by atoms with E-state index in [1.165, 1.54) is 17.2 Å². The van der Waals surface area contributed by atoms with E-state index in [2.05, 4.69) is 10.0 Å². The molecule has 212 valence electrons. The van der Waals surface area contributed by atoms with E-state index in [-0.39, 0.29) is 30.1 Å². The molecule has 1 unspecified atom stereocenters. The molecule has 3 fully saturated rings. The number of cyclic esters (lactones) is 1. The zero-order chi connectivity index (χ0) is 28.8. The van der Waals surface area contributed by atoms with Gasteiger partial charge in [0.25, 0.3) is 0 Å². The van der Waals surface area contributed by atoms with Crippen LogP contribution in [0.5, 0.6) is 0 Å². The normalized spacial score (nSPS) is 18.9. The maximum Gasteiger partial charge on any atom is 0.414 e. The molecule has 3 aliphatic rings. The van der Waals surface area contributed by atoms with Crippen molar-refractivity contribution >= 4 is 40.0 Å². The summed E-state index contributed by atoms with van der Waals surface area (Å²) in [5, 5.41) is 12.9. The summed E-state index contributed by atoms with van der Waals surface area (Å²) >= 11 is 0. The van der Waals surface area contributed by atoms with E-state index in [1.807, 2.05) is 9.80 Å². The van der Waals surface area contributed by atoms with Crippen LogP contribution in [0, 0.1) is 11.6 Å². The molecule has 0 spiro atoms. The van der Waals surface area contributed by atoms with Crippen molar-refractivity contribution < 1.29 is 28.2 Å². The number of hydrogen-bond donors (Lipinski definition) is 1. The largest absolute Gasteiger partial charge is 0.477 e. The van der Waals surface area contributed by atoms with Gasteiger partial charge in [-0.05, 0) is 48.7 Å². The second-order valence-corrected chi connectivity index (χ2v) is 10.3. The zero-order valence-corrected chi connectivity index (χ0v) is 21.7. The summed E-state index contributed by atoms with van der Waals surface area (Å²) in [6.07, 6.45) is 1.79. The number of fused-ring (bicyclic) bond motifs is 1. The minimum atomic E-state index is -1.35. The van der Waals surface area contributed by atoms with E-state index >= 15 is 8.78 Å². The van der Waals surface area contributed by atoms with Gasteiger partial charge in [0.1, 0.15) is 23.3 Å². The Hall–Kier alpha value is -4.84. The molecule has 12 nitrogen and oxygen atoms in total. The van der Waals surface area contributed by atoms with Crippen LogP contribution in [0.15, 0.2) is 46.4 Å². The van der Waals surface area contributed by atoms with E-state index < -0.39 is 35.2 Å². The number of hydrogen-bond acceptors (Lipinski definition) is 7. The number of benzene rings is 2. The Morgan fingerprint density at radius 3 is 2.37 bits per heavy atom. The van der Waals surface area contributed by atoms with Gasteiger partial charge in [-0.25, -0.2) is 18.4 Å². The fraction of sp³-hybridized carbons (Fsp3) is 0.370. The topological polar surface area (TPSA) is 144 Å². The predicted molar refractivity (Wildman–Crippen MR) is 146 cm³/mol. The molecule has 1 N–H and O–H groups in total. The highest BCUT2D eigenvalue weighted by atomic mass is 19.1. The lowest BCUT2D eigenvalue weighted by atomic mass is 10.1. The Bertz CT molecular complexity index is 1680. The maximum atomic E-state index is 15.3. The minimum Gasteiger partial charge on any atom is -0.477 e. The number of aromatic carboxylic acids is 1. The van der Waals surface area contributed by atoms with Gasteiger partial charge in [-0.1, -0.05) is 5.11 Å². The average molecular weight is 566 g/mol. The fourth-order valence-electron chi connectivity index (χ4n) is 5.47. The van der Waals surface area contributed by atoms with E-state index in [4.69, 9.17) is 10.3 Å². The third-order valence-corrected chi connectivity index (χ3v) is 7.70. The lowest BCUT2D eigenvalue weighted by molar-refractivity contribution is 0.0694. The summed E-state index contributed by atoms with van der Waals surface area (Å²) < 4.78 is 37.4. The quantitative estimate of drug-likeness (QED) is 0.256. The Morgan fingerprint density at radius 1 is 1.05 bits per heavy atom. The van der Waals surface area contributed by atoms with Crippen molar-refractivity contribution in [2.45, 2.75) is 25.0 Å². The first-order chi connectivity index (χ1) is 19.7. The molecule has 0 bridgehead atoms. The van der Waals surface area contributed by atoms with Crippen molar-refractivity contribution in [2.75, 3.05) is 54.0 Å². The number of nitrogens with zero attached hydrogens (tertiary/aromatic N) is 7. The zero-order valence-electron chi connectivity index (χ0n) is 21.7. The van der Waals surface area contributed by atoms with Gasteiger partial charge in [-0.15, -0.1) is 0 Å². The molecular weight excluding hydrogens is 540 g/mol. The lowest BCUT2D eigenvalue weighted by Crippen LogP contribution is -2.47. The Morgan fingerprint density at radius 2 is 1.73 bits per heavy atom. The number of rotatable bonds is 7. The second-order valence-electron chi connectivity index (χ2n) is 10.3. The van der Waals surface area contributed by atoms with Crippen molar-refractivity contribution in [3.8, 4) is 0 Å². The van der Waals surface area contributed by atoms with Gasteiger partial charge in [0.2, 0.25) is 5.43 Å². The molecule has 0 radical (unpaired) electrons. The van der Waals surface area contributed by atoms with Crippen molar-refractivity contribution in [2.24, 2.45) is 5.11 Å². The van der Waals surface area contributed by atoms with E-state index in [9.17, 15) is 19.5 Å². The number of anilines is 3. The van der Waals surface area contributed by atoms with Crippen LogP contribution in [-0.2, 0) is 4.74 Å². The summed E-state index contributed by atoms with van der Waals surface area (Å²) in [4.78, 5) is 44.2. The highest BCUT2D eigenvalue weighted by molar-refractivity contribution is 5.94. The van der Waals surface area contributed by atoms with Crippen molar-refractivity contribution in [1.29, 1.82) is 0 Å². The second kappa shape index (κ2) is 10.3. The first-order valence-corrected chi connectivity index (χ1v) is 13.1. The van der Waals surface area contributed by atoms with Gasteiger partial charge in [-0.2, -0.15) is 0 Å². The first-order valence-electron chi connectivity index (χ1n) is 13.1. The number of piperazine rings is 1. The Kier molecular flexibility index (Phi) is 6.62. The number of azide groups is 1. The van der Waals surface area contributed by atoms with Crippen LogP contribution in [0.3, 0.4) is 0 Å². The van der Waals surface area contributed by atoms with Crippen LogP contribution in [0.4, 0.5) is 30.6 Å². The molecule has 14 heteroatoms. The molecule has 3 heterocycles. The van der Waals surface area contributed by atoms with Gasteiger partial charge in [0, 0.05) is 48.7 Å². The summed E-state index contributed by atoms with van der Waals surface area (Å²) in [6, 6.07) is 7.24. The van der Waals surface area contributed by atoms with Gasteiger partial charge >= 0.3 is 12.1 Å². The number of carbonyl (C=O) groups is 2. The smallest absolute Gasteiger partial charge is 0.414 e. The molecule has 2 aliphatic heterocycles. The molecule has 1 aliphatic carbocycles. The molecule has 1 amide bonds. The molecule has 6 rings (SSSR count). The van der Waals surface area contributed by atoms with Gasteiger partial charge in [0.05, 0.1) is 35.7 Å². The number of halogens is 2. The predicted octanol–water partition coefficient (Wildman–Crippen LogP) is 4.27. The minimum absolute atomic E-state index is 0.0105. The van der Waals surface area contributed by atoms with E-state index in [1.54, 1.807) is 22.8 Å². The van der Waals surface area contributed by atoms with Gasteiger partial charge in [-0.3, -0.25) is 9.69 Å². The van der Waals surface area contributed by atoms with Gasteiger partial charge in [0.15, 0.2) is 0 Å². The number of carboxylic acids is 1. The van der Waals surface area contributed by atoms with Crippen LogP contribution in [0.25, 0.3) is 21.3 Å². The van der Waals surface area contributed by atoms with Crippen LogP contribution in [-0.4, -0.2) is 67.1 Å². The van der Waals surface area contributed by atoms with Crippen LogP contribution in [0.1, 0.15) is 29.2 Å². The molecule has 3 aromatic rings. The van der Waals surface area contributed by atoms with Crippen LogP contribution < -0.4 is 20.1 Å². The molecule has 2 aromatic carbocycles. The fourth-order valence-corrected chi connectivity index (χ4v) is 5.47. The number of amides is 1. The standard InChI is InChI=1S/C27H25F2N7O5/c28-20-9-16(36-13-17(12-31-32-30)41-27(36)40)3-4-22(20)33-5-7-34(8-6-33)24-11-23-18(10-21(24)29)25(37)19(26(38)39)14-35(23)15-1-2-15/h3-4,9-11,14-15,17H,1-2,5-8,12-13H2,(H,38,39). The molecule has 41 heavy (non-hydrogen) atoms. The van der Waals surface area contributed by atoms with Crippen molar-refractivity contribution in [3.63, 3.8) is 0 Å². The number of aromatic nitrogens is 1. The summed E-state index contributed by atoms with van der Waals surface area (Å²) in [5.41, 5.74) is 8.83. The van der Waals surface area contributed by atoms with Gasteiger partial charge < -0.3 is 24.2 Å². The first kappa shape index (κ1) is 26.4. The van der Waals surface area contributed by atoms with Crippen LogP contribution >= 0.6 is 0 Å². The van der Waals surface area contributed by atoms with Crippen molar-refractivity contribution in [3.05, 3.63) is 74.4 Å². The highest BCUT2D eigenvalue weighted by Gasteiger charge is 2.33. The summed E-state index contributed by atoms with van der Waals surface area (Å²) in [7, 11) is 0. The third kappa shape index (κ3) is 4.86. The van der Waals surface area contributed by atoms with Crippen molar-refractivity contribution in [1.82, 2.24) is 4.57 Å². The number of pyridine rings is 1. The molecule has 1 aromatic heterocycles. The van der Waals surface area contributed by atoms with E-state index in [0.29, 0.717) is 48.8 Å². The molecular formula is C27H25F2N7O5. The monoisotopic (exact) mass is 565 g/mol. The summed E-state index contributed by atoms with van der Waals surface area (Å²) in [6.45, 7) is 1.67. The molecule has 2 saturated heterocycles. The molecule has 1 saturated carbocycles. The summed E-state index contributed by atoms with van der Waals surface area (Å²) in [5.74, 6) is -2.50. The Labute approximate surface area is 231 Å². The number of ether oxygens (including phenoxy) is 1. The lowest BCUT2D eigenvalue weighted by Gasteiger charge is -2.37. The average Bonchev–Trinajstić information content (AvgIpc) is 3.73. The van der Waals surface area contributed by atoms with E-state index in [0.717, 1.165) is 18.9 Å². The number of carbonyl (C=O) groups excluding carboxylic acids is 1. The Balaban J connectivity index is 1.20. The van der Waals surface area contributed by atoms with Crippen LogP contribution in [0.2, 0.25) is 0 Å².